The zero-order valence-electron chi connectivity index (χ0n) is 7.69. The summed E-state index contributed by atoms with van der Waals surface area (Å²) in [6.45, 7) is 0.495. The van der Waals surface area contributed by atoms with Crippen LogP contribution in [0.25, 0.3) is 0 Å². The summed E-state index contributed by atoms with van der Waals surface area (Å²) in [6.07, 6.45) is 1.48. The second-order valence-electron chi connectivity index (χ2n) is 3.48. The fraction of sp³-hybridized carbons (Fsp3) is 0.300. The third-order valence-corrected chi connectivity index (χ3v) is 2.33. The van der Waals surface area contributed by atoms with Crippen molar-refractivity contribution in [2.24, 2.45) is 5.73 Å². The Labute approximate surface area is 81.8 Å². The molecule has 4 heteroatoms. The van der Waals surface area contributed by atoms with Crippen molar-refractivity contribution in [1.29, 1.82) is 0 Å². The molecule has 0 aliphatic carbocycles. The molecule has 0 spiro atoms. The number of rotatable bonds is 1. The molecule has 0 aromatic heterocycles. The molecule has 1 aliphatic rings. The van der Waals surface area contributed by atoms with E-state index < -0.39 is 0 Å². The Morgan fingerprint density at radius 1 is 1.50 bits per heavy atom. The highest BCUT2D eigenvalue weighted by Gasteiger charge is 2.18. The quantitative estimate of drug-likeness (QED) is 0.497. The molecular formula is C10H12N2O2. The number of carbonyl (C=O) groups is 1. The molecule has 0 radical (unpaired) electrons. The van der Waals surface area contributed by atoms with E-state index in [-0.39, 0.29) is 6.04 Å². The number of hydrogen-bond acceptors (Lipinski definition) is 4. The second kappa shape index (κ2) is 3.31. The molecule has 1 aliphatic heterocycles. The highest BCUT2D eigenvalue weighted by Crippen LogP contribution is 2.28. The highest BCUT2D eigenvalue weighted by molar-refractivity contribution is 5.84. The zero-order chi connectivity index (χ0) is 10.1. The minimum absolute atomic E-state index is 0.0176. The fourth-order valence-corrected chi connectivity index (χ4v) is 1.59. The molecule has 1 atom stereocenters. The predicted molar refractivity (Wildman–Crippen MR) is 53.4 cm³/mol. The zero-order valence-corrected chi connectivity index (χ0v) is 7.69. The SMILES string of the molecule is Nc1cc2c(cc1C=O)OCC(N)C2. The van der Waals surface area contributed by atoms with Crippen LogP contribution in [-0.2, 0) is 6.42 Å². The number of hydrogen-bond donors (Lipinski definition) is 2. The van der Waals surface area contributed by atoms with Gasteiger partial charge < -0.3 is 16.2 Å². The van der Waals surface area contributed by atoms with Crippen molar-refractivity contribution in [3.63, 3.8) is 0 Å². The van der Waals surface area contributed by atoms with E-state index in [1.165, 1.54) is 0 Å². The Hall–Kier alpha value is -1.55. The third-order valence-electron chi connectivity index (χ3n) is 2.33. The summed E-state index contributed by atoms with van der Waals surface area (Å²) in [5, 5.41) is 0. The third kappa shape index (κ3) is 1.44. The molecule has 4 nitrogen and oxygen atoms in total. The minimum Gasteiger partial charge on any atom is -0.492 e. The van der Waals surface area contributed by atoms with Crippen LogP contribution in [0.3, 0.4) is 0 Å². The molecule has 0 fully saturated rings. The molecule has 0 amide bonds. The van der Waals surface area contributed by atoms with E-state index >= 15 is 0 Å². The van der Waals surface area contributed by atoms with Gasteiger partial charge in [0.2, 0.25) is 0 Å². The molecule has 0 saturated carbocycles. The van der Waals surface area contributed by atoms with Crippen LogP contribution in [-0.4, -0.2) is 18.9 Å². The predicted octanol–water partition coefficient (Wildman–Crippen LogP) is 0.344. The van der Waals surface area contributed by atoms with E-state index in [0.29, 0.717) is 17.9 Å². The topological polar surface area (TPSA) is 78.3 Å². The number of anilines is 1. The smallest absolute Gasteiger partial charge is 0.152 e. The maximum atomic E-state index is 10.6. The second-order valence-corrected chi connectivity index (χ2v) is 3.48. The van der Waals surface area contributed by atoms with Crippen molar-refractivity contribution in [1.82, 2.24) is 0 Å². The van der Waals surface area contributed by atoms with E-state index in [9.17, 15) is 4.79 Å². The van der Waals surface area contributed by atoms with Gasteiger partial charge in [0.05, 0.1) is 0 Å². The number of ether oxygens (including phenoxy) is 1. The highest BCUT2D eigenvalue weighted by atomic mass is 16.5. The van der Waals surface area contributed by atoms with Gasteiger partial charge in [-0.05, 0) is 24.1 Å². The number of benzene rings is 1. The Kier molecular flexibility index (Phi) is 2.13. The largest absolute Gasteiger partial charge is 0.492 e. The average Bonchev–Trinajstić information content (AvgIpc) is 2.16. The van der Waals surface area contributed by atoms with Crippen LogP contribution in [0, 0.1) is 0 Å². The number of nitrogen functional groups attached to an aromatic ring is 1. The van der Waals surface area contributed by atoms with Crippen molar-refractivity contribution in [3.05, 3.63) is 23.3 Å². The normalized spacial score (nSPS) is 19.6. The number of nitrogens with two attached hydrogens (primary N) is 2. The minimum atomic E-state index is 0.0176. The molecule has 0 bridgehead atoms. The maximum absolute atomic E-state index is 10.6. The summed E-state index contributed by atoms with van der Waals surface area (Å²) in [5.41, 5.74) is 13.3. The standard InChI is InChI=1S/C10H12N2O2/c11-8-1-6-2-9(12)7(4-13)3-10(6)14-5-8/h2-4,8H,1,5,11-12H2. The van der Waals surface area contributed by atoms with Gasteiger partial charge in [0, 0.05) is 17.3 Å². The summed E-state index contributed by atoms with van der Waals surface area (Å²) >= 11 is 0. The van der Waals surface area contributed by atoms with Crippen molar-refractivity contribution in [2.75, 3.05) is 12.3 Å². The van der Waals surface area contributed by atoms with Crippen LogP contribution >= 0.6 is 0 Å². The number of aldehydes is 1. The summed E-state index contributed by atoms with van der Waals surface area (Å²) in [5.74, 6) is 0.725. The molecule has 2 rings (SSSR count). The Bertz CT molecular complexity index is 377. The van der Waals surface area contributed by atoms with Gasteiger partial charge >= 0.3 is 0 Å². The first kappa shape index (κ1) is 9.02. The van der Waals surface area contributed by atoms with Gasteiger partial charge in [-0.15, -0.1) is 0 Å². The molecule has 0 saturated heterocycles. The molecule has 1 aromatic carbocycles. The van der Waals surface area contributed by atoms with Gasteiger partial charge in [0.15, 0.2) is 6.29 Å². The van der Waals surface area contributed by atoms with Gasteiger partial charge in [-0.25, -0.2) is 0 Å². The van der Waals surface area contributed by atoms with Crippen LogP contribution in [0.15, 0.2) is 12.1 Å². The fourth-order valence-electron chi connectivity index (χ4n) is 1.59. The van der Waals surface area contributed by atoms with E-state index in [2.05, 4.69) is 0 Å². The molecule has 1 heterocycles. The summed E-state index contributed by atoms with van der Waals surface area (Å²) in [4.78, 5) is 10.6. The van der Waals surface area contributed by atoms with Crippen LogP contribution in [0.5, 0.6) is 5.75 Å². The number of carbonyl (C=O) groups excluding carboxylic acids is 1. The lowest BCUT2D eigenvalue weighted by Gasteiger charge is -2.23. The molecule has 14 heavy (non-hydrogen) atoms. The first-order valence-electron chi connectivity index (χ1n) is 4.46. The first-order valence-corrected chi connectivity index (χ1v) is 4.46. The van der Waals surface area contributed by atoms with Gasteiger partial charge in [-0.2, -0.15) is 0 Å². The monoisotopic (exact) mass is 192 g/mol. The van der Waals surface area contributed by atoms with Crippen LogP contribution in [0.2, 0.25) is 0 Å². The summed E-state index contributed by atoms with van der Waals surface area (Å²) in [6, 6.07) is 3.45. The lowest BCUT2D eigenvalue weighted by Crippen LogP contribution is -2.33. The lowest BCUT2D eigenvalue weighted by molar-refractivity contribution is 0.112. The van der Waals surface area contributed by atoms with Crippen molar-refractivity contribution >= 4 is 12.0 Å². The van der Waals surface area contributed by atoms with Crippen molar-refractivity contribution in [2.45, 2.75) is 12.5 Å². The van der Waals surface area contributed by atoms with Crippen molar-refractivity contribution < 1.29 is 9.53 Å². The van der Waals surface area contributed by atoms with E-state index in [4.69, 9.17) is 16.2 Å². The Balaban J connectivity index is 2.45. The van der Waals surface area contributed by atoms with Gasteiger partial charge in [-0.3, -0.25) is 4.79 Å². The summed E-state index contributed by atoms with van der Waals surface area (Å²) < 4.78 is 5.39. The van der Waals surface area contributed by atoms with Crippen molar-refractivity contribution in [3.8, 4) is 5.75 Å². The van der Waals surface area contributed by atoms with Crippen LogP contribution < -0.4 is 16.2 Å². The first-order chi connectivity index (χ1) is 6.70. The van der Waals surface area contributed by atoms with Crippen LogP contribution in [0.1, 0.15) is 15.9 Å². The molecule has 1 unspecified atom stereocenters. The molecule has 74 valence electrons. The Morgan fingerprint density at radius 2 is 2.29 bits per heavy atom. The molecule has 1 aromatic rings. The van der Waals surface area contributed by atoms with E-state index in [1.807, 2.05) is 0 Å². The Morgan fingerprint density at radius 3 is 3.00 bits per heavy atom. The number of fused-ring (bicyclic) bond motifs is 1. The molecule has 4 N–H and O–H groups in total. The lowest BCUT2D eigenvalue weighted by atomic mass is 10.0. The van der Waals surface area contributed by atoms with Gasteiger partial charge in [0.25, 0.3) is 0 Å². The van der Waals surface area contributed by atoms with Gasteiger partial charge in [-0.1, -0.05) is 0 Å². The van der Waals surface area contributed by atoms with E-state index in [1.54, 1.807) is 12.1 Å². The van der Waals surface area contributed by atoms with Crippen LogP contribution in [0.4, 0.5) is 5.69 Å². The average molecular weight is 192 g/mol. The maximum Gasteiger partial charge on any atom is 0.152 e. The summed E-state index contributed by atoms with van der Waals surface area (Å²) in [7, 11) is 0. The molecular weight excluding hydrogens is 180 g/mol. The van der Waals surface area contributed by atoms with E-state index in [0.717, 1.165) is 24.0 Å². The van der Waals surface area contributed by atoms with Gasteiger partial charge in [0.1, 0.15) is 12.4 Å².